The van der Waals surface area contributed by atoms with Crippen molar-refractivity contribution in [3.8, 4) is 0 Å². The van der Waals surface area contributed by atoms with E-state index in [-0.39, 0.29) is 17.5 Å². The summed E-state index contributed by atoms with van der Waals surface area (Å²) in [5.41, 5.74) is -0.0682. The topological polar surface area (TPSA) is 55.5 Å². The van der Waals surface area contributed by atoms with Crippen LogP contribution in [0, 0.1) is 0 Å². The summed E-state index contributed by atoms with van der Waals surface area (Å²) < 4.78 is 7.53. The first-order valence-corrected chi connectivity index (χ1v) is 9.22. The smallest absolute Gasteiger partial charge is 0.250 e. The van der Waals surface area contributed by atoms with Gasteiger partial charge in [-0.2, -0.15) is 0 Å². The number of nitrogens with zero attached hydrogens (tertiary/aromatic N) is 2. The van der Waals surface area contributed by atoms with Gasteiger partial charge < -0.3 is 13.9 Å². The van der Waals surface area contributed by atoms with E-state index in [0.29, 0.717) is 13.0 Å². The Balaban J connectivity index is 1.73. The van der Waals surface area contributed by atoms with Crippen molar-refractivity contribution in [2.45, 2.75) is 58.0 Å². The van der Waals surface area contributed by atoms with Crippen LogP contribution >= 0.6 is 0 Å². The Bertz CT molecular complexity index is 762. The van der Waals surface area contributed by atoms with Crippen molar-refractivity contribution in [1.82, 2.24) is 9.47 Å². The molecular weight excluding hydrogens is 316 g/mol. The van der Waals surface area contributed by atoms with Crippen molar-refractivity contribution in [3.63, 3.8) is 0 Å². The lowest BCUT2D eigenvalue weighted by Gasteiger charge is -2.29. The number of aromatic nitrogens is 1. The number of carbonyl (C=O) groups excluding carboxylic acids is 1. The number of rotatable bonds is 5. The van der Waals surface area contributed by atoms with Crippen molar-refractivity contribution >= 4 is 5.91 Å². The number of hydrogen-bond acceptors (Lipinski definition) is 3. The average molecular weight is 342 g/mol. The predicted octanol–water partition coefficient (Wildman–Crippen LogP) is 3.54. The molecule has 134 valence electrons. The summed E-state index contributed by atoms with van der Waals surface area (Å²) in [6, 6.07) is 9.09. The lowest BCUT2D eigenvalue weighted by Crippen LogP contribution is -2.35. The summed E-state index contributed by atoms with van der Waals surface area (Å²) in [4.78, 5) is 26.6. The number of likely N-dealkylation sites (tertiary alicyclic amines) is 1. The Morgan fingerprint density at radius 3 is 2.84 bits per heavy atom. The van der Waals surface area contributed by atoms with Gasteiger partial charge in [-0.25, -0.2) is 0 Å². The normalized spacial score (nSPS) is 18.1. The molecule has 0 spiro atoms. The van der Waals surface area contributed by atoms with Crippen molar-refractivity contribution < 1.29 is 9.21 Å². The van der Waals surface area contributed by atoms with E-state index >= 15 is 0 Å². The van der Waals surface area contributed by atoms with Gasteiger partial charge in [0, 0.05) is 38.2 Å². The van der Waals surface area contributed by atoms with Gasteiger partial charge in [-0.05, 0) is 31.0 Å². The van der Waals surface area contributed by atoms with Gasteiger partial charge in [0.05, 0.1) is 6.04 Å². The van der Waals surface area contributed by atoms with Crippen LogP contribution in [0.25, 0.3) is 0 Å². The fourth-order valence-corrected chi connectivity index (χ4v) is 3.47. The second-order valence-corrected chi connectivity index (χ2v) is 6.59. The molecule has 3 heterocycles. The third-order valence-electron chi connectivity index (χ3n) is 4.90. The van der Waals surface area contributed by atoms with E-state index < -0.39 is 0 Å². The molecule has 25 heavy (non-hydrogen) atoms. The lowest BCUT2D eigenvalue weighted by atomic mass is 10.1. The van der Waals surface area contributed by atoms with E-state index in [0.717, 1.165) is 50.2 Å². The Morgan fingerprint density at radius 2 is 2.08 bits per heavy atom. The zero-order valence-corrected chi connectivity index (χ0v) is 14.8. The van der Waals surface area contributed by atoms with Gasteiger partial charge in [0.1, 0.15) is 11.5 Å². The molecular formula is C20H26N2O3. The number of carbonyl (C=O) groups is 1. The van der Waals surface area contributed by atoms with Crippen LogP contribution in [0.1, 0.15) is 56.6 Å². The second kappa shape index (κ2) is 8.19. The number of pyridine rings is 1. The third kappa shape index (κ3) is 4.21. The van der Waals surface area contributed by atoms with Crippen molar-refractivity contribution in [2.75, 3.05) is 6.54 Å². The molecule has 1 aliphatic heterocycles. The summed E-state index contributed by atoms with van der Waals surface area (Å²) in [5, 5.41) is 0. The molecule has 1 fully saturated rings. The fraction of sp³-hybridized carbons (Fsp3) is 0.500. The predicted molar refractivity (Wildman–Crippen MR) is 96.3 cm³/mol. The number of hydrogen-bond donors (Lipinski definition) is 0. The van der Waals surface area contributed by atoms with E-state index in [1.165, 1.54) is 6.07 Å². The number of furan rings is 1. The van der Waals surface area contributed by atoms with Crippen LogP contribution in [-0.4, -0.2) is 21.9 Å². The van der Waals surface area contributed by atoms with Gasteiger partial charge >= 0.3 is 0 Å². The van der Waals surface area contributed by atoms with Crippen LogP contribution in [0.15, 0.2) is 45.7 Å². The number of amides is 1. The minimum atomic E-state index is -0.0682. The standard InChI is InChI=1S/C20H26N2O3/c1-2-16-10-11-18(25-16)17-8-4-3-6-14-22(17)20(24)12-15-21-13-7-5-9-19(21)23/h5,7,9-11,13,17H,2-4,6,8,12,14-15H2,1H3/t17-/m1/s1. The Morgan fingerprint density at radius 1 is 1.20 bits per heavy atom. The fourth-order valence-electron chi connectivity index (χ4n) is 3.47. The Labute approximate surface area is 148 Å². The molecule has 5 nitrogen and oxygen atoms in total. The monoisotopic (exact) mass is 342 g/mol. The molecule has 1 saturated heterocycles. The van der Waals surface area contributed by atoms with Crippen LogP contribution in [-0.2, 0) is 17.8 Å². The summed E-state index contributed by atoms with van der Waals surface area (Å²) in [7, 11) is 0. The maximum atomic E-state index is 12.9. The Hall–Kier alpha value is -2.30. The average Bonchev–Trinajstić information content (AvgIpc) is 2.97. The second-order valence-electron chi connectivity index (χ2n) is 6.59. The highest BCUT2D eigenvalue weighted by Gasteiger charge is 2.28. The molecule has 0 N–H and O–H groups in total. The van der Waals surface area contributed by atoms with Crippen molar-refractivity contribution in [1.29, 1.82) is 0 Å². The van der Waals surface area contributed by atoms with Gasteiger partial charge in [-0.3, -0.25) is 9.59 Å². The summed E-state index contributed by atoms with van der Waals surface area (Å²) >= 11 is 0. The van der Waals surface area contributed by atoms with Crippen LogP contribution in [0.4, 0.5) is 0 Å². The summed E-state index contributed by atoms with van der Waals surface area (Å²) in [6.45, 7) is 3.24. The van der Waals surface area contributed by atoms with Gasteiger partial charge in [0.2, 0.25) is 5.91 Å². The molecule has 0 aliphatic carbocycles. The lowest BCUT2D eigenvalue weighted by molar-refractivity contribution is -0.134. The molecule has 0 radical (unpaired) electrons. The SMILES string of the molecule is CCc1ccc([C@H]2CCCCCN2C(=O)CCn2ccccc2=O)o1. The quantitative estimate of drug-likeness (QED) is 0.835. The first kappa shape index (κ1) is 17.5. The van der Waals surface area contributed by atoms with E-state index in [2.05, 4.69) is 6.92 Å². The number of aryl methyl sites for hydroxylation is 2. The summed E-state index contributed by atoms with van der Waals surface area (Å²) in [5.74, 6) is 1.95. The molecule has 0 saturated carbocycles. The Kier molecular flexibility index (Phi) is 5.74. The van der Waals surface area contributed by atoms with Crippen LogP contribution in [0.5, 0.6) is 0 Å². The molecule has 3 rings (SSSR count). The highest BCUT2D eigenvalue weighted by atomic mass is 16.3. The largest absolute Gasteiger partial charge is 0.464 e. The van der Waals surface area contributed by atoms with E-state index in [9.17, 15) is 9.59 Å². The molecule has 0 unspecified atom stereocenters. The third-order valence-corrected chi connectivity index (χ3v) is 4.90. The molecule has 1 aliphatic rings. The van der Waals surface area contributed by atoms with Crippen LogP contribution in [0.3, 0.4) is 0 Å². The van der Waals surface area contributed by atoms with Gasteiger partial charge in [-0.15, -0.1) is 0 Å². The van der Waals surface area contributed by atoms with Crippen molar-refractivity contribution in [3.05, 3.63) is 58.4 Å². The summed E-state index contributed by atoms with van der Waals surface area (Å²) in [6.07, 6.45) is 7.13. The molecule has 1 atom stereocenters. The molecule has 1 amide bonds. The van der Waals surface area contributed by atoms with Crippen LogP contribution in [0.2, 0.25) is 0 Å². The van der Waals surface area contributed by atoms with Gasteiger partial charge in [0.25, 0.3) is 5.56 Å². The first-order valence-electron chi connectivity index (χ1n) is 9.22. The maximum absolute atomic E-state index is 12.9. The molecule has 0 aromatic carbocycles. The molecule has 2 aromatic rings. The zero-order chi connectivity index (χ0) is 17.6. The van der Waals surface area contributed by atoms with E-state index in [4.69, 9.17) is 4.42 Å². The molecule has 5 heteroatoms. The zero-order valence-electron chi connectivity index (χ0n) is 14.8. The molecule has 0 bridgehead atoms. The van der Waals surface area contributed by atoms with E-state index in [1.807, 2.05) is 23.1 Å². The highest BCUT2D eigenvalue weighted by Crippen LogP contribution is 2.32. The van der Waals surface area contributed by atoms with E-state index in [1.54, 1.807) is 16.8 Å². The minimum Gasteiger partial charge on any atom is -0.464 e. The van der Waals surface area contributed by atoms with Gasteiger partial charge in [0.15, 0.2) is 0 Å². The van der Waals surface area contributed by atoms with Crippen LogP contribution < -0.4 is 5.56 Å². The minimum absolute atomic E-state index is 0.0165. The van der Waals surface area contributed by atoms with Crippen molar-refractivity contribution in [2.24, 2.45) is 0 Å². The molecule has 2 aromatic heterocycles. The first-order chi connectivity index (χ1) is 12.2. The highest BCUT2D eigenvalue weighted by molar-refractivity contribution is 5.76. The van der Waals surface area contributed by atoms with Gasteiger partial charge in [-0.1, -0.05) is 25.8 Å². The maximum Gasteiger partial charge on any atom is 0.250 e.